The number of ketones is 1. The van der Waals surface area contributed by atoms with Crippen molar-refractivity contribution in [3.05, 3.63) is 59.8 Å². The van der Waals surface area contributed by atoms with E-state index in [-0.39, 0.29) is 17.5 Å². The largest absolute Gasteiger partial charge is 0.459 e. The van der Waals surface area contributed by atoms with E-state index < -0.39 is 24.5 Å². The number of aromatic nitrogens is 1. The van der Waals surface area contributed by atoms with Gasteiger partial charge in [-0.1, -0.05) is 19.9 Å². The Hall–Kier alpha value is -3.09. The summed E-state index contributed by atoms with van der Waals surface area (Å²) in [6.45, 7) is 11.2. The molecule has 1 atom stereocenters. The summed E-state index contributed by atoms with van der Waals surface area (Å²) < 4.78 is 12.2. The molecule has 0 aliphatic rings. The Morgan fingerprint density at radius 3 is 2.61 bits per heavy atom. The number of hydrogen-bond acceptors (Lipinski definition) is 5. The average Bonchev–Trinajstić information content (AvgIpc) is 3.28. The molecule has 150 valence electrons. The van der Waals surface area contributed by atoms with Gasteiger partial charge in [-0.05, 0) is 38.0 Å². The van der Waals surface area contributed by atoms with Crippen LogP contribution >= 0.6 is 0 Å². The van der Waals surface area contributed by atoms with Crippen LogP contribution < -0.4 is 5.32 Å². The van der Waals surface area contributed by atoms with Gasteiger partial charge in [-0.15, -0.1) is 6.58 Å². The van der Waals surface area contributed by atoms with Crippen molar-refractivity contribution < 1.29 is 23.5 Å². The molecule has 2 rings (SSSR count). The smallest absolute Gasteiger partial charge is 0.329 e. The molecule has 2 aromatic heterocycles. The van der Waals surface area contributed by atoms with E-state index in [0.29, 0.717) is 12.1 Å². The zero-order valence-corrected chi connectivity index (χ0v) is 16.7. The maximum Gasteiger partial charge on any atom is 0.329 e. The van der Waals surface area contributed by atoms with E-state index in [1.54, 1.807) is 32.1 Å². The van der Waals surface area contributed by atoms with Gasteiger partial charge in [-0.3, -0.25) is 9.59 Å². The quantitative estimate of drug-likeness (QED) is 0.406. The van der Waals surface area contributed by atoms with Gasteiger partial charge < -0.3 is 19.0 Å². The summed E-state index contributed by atoms with van der Waals surface area (Å²) in [5, 5.41) is 2.59. The molecule has 7 nitrogen and oxygen atoms in total. The highest BCUT2D eigenvalue weighted by Gasteiger charge is 2.28. The first-order chi connectivity index (χ1) is 13.3. The van der Waals surface area contributed by atoms with Crippen molar-refractivity contribution in [3.8, 4) is 0 Å². The van der Waals surface area contributed by atoms with Gasteiger partial charge in [0.2, 0.25) is 5.78 Å². The van der Waals surface area contributed by atoms with Crippen LogP contribution in [0.3, 0.4) is 0 Å². The number of amides is 1. The lowest BCUT2D eigenvalue weighted by Crippen LogP contribution is -2.45. The van der Waals surface area contributed by atoms with Crippen molar-refractivity contribution >= 4 is 17.7 Å². The van der Waals surface area contributed by atoms with Gasteiger partial charge >= 0.3 is 5.97 Å². The molecule has 0 unspecified atom stereocenters. The van der Waals surface area contributed by atoms with Crippen LogP contribution in [0.1, 0.15) is 46.1 Å². The summed E-state index contributed by atoms with van der Waals surface area (Å²) in [5.41, 5.74) is 2.23. The number of ether oxygens (including phenoxy) is 1. The predicted octanol–water partition coefficient (Wildman–Crippen LogP) is 3.06. The molecule has 2 heterocycles. The van der Waals surface area contributed by atoms with E-state index >= 15 is 0 Å². The number of carbonyl (C=O) groups is 3. The molecule has 1 N–H and O–H groups in total. The Bertz CT molecular complexity index is 862. The monoisotopic (exact) mass is 386 g/mol. The van der Waals surface area contributed by atoms with Gasteiger partial charge in [0.25, 0.3) is 5.91 Å². The van der Waals surface area contributed by atoms with E-state index in [9.17, 15) is 14.4 Å². The van der Waals surface area contributed by atoms with E-state index in [1.807, 2.05) is 18.4 Å². The molecule has 7 heteroatoms. The average molecular weight is 386 g/mol. The summed E-state index contributed by atoms with van der Waals surface area (Å²) in [7, 11) is 0. The van der Waals surface area contributed by atoms with Crippen LogP contribution in [0.15, 0.2) is 41.5 Å². The highest BCUT2D eigenvalue weighted by atomic mass is 16.5. The molecule has 0 radical (unpaired) electrons. The van der Waals surface area contributed by atoms with E-state index in [0.717, 1.165) is 11.4 Å². The van der Waals surface area contributed by atoms with Gasteiger partial charge in [0, 0.05) is 23.5 Å². The third-order valence-corrected chi connectivity index (χ3v) is 4.48. The predicted molar refractivity (Wildman–Crippen MR) is 104 cm³/mol. The Morgan fingerprint density at radius 2 is 2.04 bits per heavy atom. The summed E-state index contributed by atoms with van der Waals surface area (Å²) in [4.78, 5) is 37.1. The lowest BCUT2D eigenvalue weighted by atomic mass is 10.0. The van der Waals surface area contributed by atoms with Crippen LogP contribution in [-0.2, 0) is 16.1 Å². The number of nitrogens with one attached hydrogen (secondary N) is 1. The van der Waals surface area contributed by atoms with Crippen LogP contribution in [0.5, 0.6) is 0 Å². The molecule has 0 fully saturated rings. The maximum atomic E-state index is 12.5. The first-order valence-electron chi connectivity index (χ1n) is 9.08. The minimum Gasteiger partial charge on any atom is -0.459 e. The van der Waals surface area contributed by atoms with Crippen molar-refractivity contribution in [2.75, 3.05) is 6.61 Å². The van der Waals surface area contributed by atoms with E-state index in [2.05, 4.69) is 11.9 Å². The second kappa shape index (κ2) is 9.21. The van der Waals surface area contributed by atoms with Gasteiger partial charge in [0.1, 0.15) is 6.04 Å². The molecule has 0 spiro atoms. The first kappa shape index (κ1) is 21.2. The van der Waals surface area contributed by atoms with Gasteiger partial charge in [-0.2, -0.15) is 0 Å². The summed E-state index contributed by atoms with van der Waals surface area (Å²) in [6.07, 6.45) is 3.13. The third kappa shape index (κ3) is 4.79. The second-order valence-electron chi connectivity index (χ2n) is 6.89. The standard InChI is InChI=1S/C21H26N2O5/c1-6-9-23-14(4)11-16(15(23)5)17(24)12-28-21(26)19(13(2)3)22-20(25)18-8-7-10-27-18/h6-8,10-11,13,19H,1,9,12H2,2-5H3,(H,22,25)/t19-/m0/s1. The lowest BCUT2D eigenvalue weighted by molar-refractivity contribution is -0.145. The van der Waals surface area contributed by atoms with Crippen LogP contribution in [-0.4, -0.2) is 34.9 Å². The normalized spacial score (nSPS) is 11.9. The first-order valence-corrected chi connectivity index (χ1v) is 9.08. The molecule has 0 bridgehead atoms. The number of esters is 1. The summed E-state index contributed by atoms with van der Waals surface area (Å²) in [5.74, 6) is -1.59. The third-order valence-electron chi connectivity index (χ3n) is 4.48. The minimum atomic E-state index is -0.890. The number of allylic oxidation sites excluding steroid dienone is 1. The molecule has 1 amide bonds. The van der Waals surface area contributed by atoms with Gasteiger partial charge in [0.15, 0.2) is 12.4 Å². The molecule has 0 saturated carbocycles. The maximum absolute atomic E-state index is 12.5. The minimum absolute atomic E-state index is 0.101. The van der Waals surface area contributed by atoms with Gasteiger partial charge in [-0.25, -0.2) is 4.79 Å². The summed E-state index contributed by atoms with van der Waals surface area (Å²) in [6, 6.07) is 3.96. The van der Waals surface area contributed by atoms with Crippen molar-refractivity contribution in [3.63, 3.8) is 0 Å². The zero-order valence-electron chi connectivity index (χ0n) is 16.7. The Balaban J connectivity index is 2.02. The number of aryl methyl sites for hydroxylation is 1. The van der Waals surface area contributed by atoms with Crippen molar-refractivity contribution in [1.29, 1.82) is 0 Å². The Kier molecular flexibility index (Phi) is 6.98. The van der Waals surface area contributed by atoms with E-state index in [4.69, 9.17) is 9.15 Å². The van der Waals surface area contributed by atoms with E-state index in [1.165, 1.54) is 12.3 Å². The Labute approximate surface area is 164 Å². The van der Waals surface area contributed by atoms with Crippen LogP contribution in [0.2, 0.25) is 0 Å². The van der Waals surface area contributed by atoms with Crippen molar-refractivity contribution in [2.24, 2.45) is 5.92 Å². The number of nitrogens with zero attached hydrogens (tertiary/aromatic N) is 1. The van der Waals surface area contributed by atoms with Crippen molar-refractivity contribution in [1.82, 2.24) is 9.88 Å². The van der Waals surface area contributed by atoms with Crippen LogP contribution in [0, 0.1) is 19.8 Å². The second-order valence-corrected chi connectivity index (χ2v) is 6.89. The zero-order chi connectivity index (χ0) is 20.8. The number of carbonyl (C=O) groups excluding carboxylic acids is 3. The SMILES string of the molecule is C=CCn1c(C)cc(C(=O)COC(=O)[C@@H](NC(=O)c2ccco2)C(C)C)c1C. The van der Waals surface area contributed by atoms with Gasteiger partial charge in [0.05, 0.1) is 6.26 Å². The molecule has 0 aromatic carbocycles. The topological polar surface area (TPSA) is 90.5 Å². The van der Waals surface area contributed by atoms with Crippen LogP contribution in [0.25, 0.3) is 0 Å². The highest BCUT2D eigenvalue weighted by Crippen LogP contribution is 2.16. The fourth-order valence-electron chi connectivity index (χ4n) is 2.92. The lowest BCUT2D eigenvalue weighted by Gasteiger charge is -2.20. The fraction of sp³-hybridized carbons (Fsp3) is 0.381. The summed E-state index contributed by atoms with van der Waals surface area (Å²) >= 11 is 0. The highest BCUT2D eigenvalue weighted by molar-refractivity contribution is 6.00. The molecule has 0 aliphatic heterocycles. The number of rotatable bonds is 9. The number of Topliss-reactive ketones (excluding diaryl/α,β-unsaturated/α-hetero) is 1. The molecule has 0 aliphatic carbocycles. The van der Waals surface area contributed by atoms with Crippen molar-refractivity contribution in [2.45, 2.75) is 40.3 Å². The fourth-order valence-corrected chi connectivity index (χ4v) is 2.92. The molecule has 0 saturated heterocycles. The molecule has 2 aromatic rings. The Morgan fingerprint density at radius 1 is 1.32 bits per heavy atom. The number of furan rings is 1. The number of hydrogen-bond donors (Lipinski definition) is 1. The molecular formula is C21H26N2O5. The molecular weight excluding hydrogens is 360 g/mol. The molecule has 28 heavy (non-hydrogen) atoms. The van der Waals surface area contributed by atoms with Crippen LogP contribution in [0.4, 0.5) is 0 Å².